The van der Waals surface area contributed by atoms with Crippen LogP contribution in [-0.2, 0) is 9.53 Å². The Kier molecular flexibility index (Phi) is 5.75. The van der Waals surface area contributed by atoms with Gasteiger partial charge in [0, 0.05) is 17.9 Å². The van der Waals surface area contributed by atoms with E-state index in [4.69, 9.17) is 4.74 Å². The molecule has 1 aliphatic carbocycles. The number of hydrogen-bond acceptors (Lipinski definition) is 4. The van der Waals surface area contributed by atoms with Crippen molar-refractivity contribution < 1.29 is 14.6 Å². The maximum absolute atomic E-state index is 13.1. The maximum atomic E-state index is 13.1. The summed E-state index contributed by atoms with van der Waals surface area (Å²) >= 11 is 0. The van der Waals surface area contributed by atoms with Crippen molar-refractivity contribution in [2.75, 3.05) is 13.1 Å². The highest BCUT2D eigenvalue weighted by Gasteiger charge is 2.49. The SMILES string of the molecule is CC(C)C#C[C@](O)(C(=O)O[C@@H]1C2CCN(CC2)[C@@H]1C)C1CCCCC1. The first-order chi connectivity index (χ1) is 11.9. The molecule has 4 rings (SSSR count). The van der Waals surface area contributed by atoms with E-state index in [0.29, 0.717) is 5.92 Å². The van der Waals surface area contributed by atoms with Gasteiger partial charge in [0.15, 0.2) is 0 Å². The molecule has 0 aromatic carbocycles. The lowest BCUT2D eigenvalue weighted by Gasteiger charge is -2.49. The van der Waals surface area contributed by atoms with Gasteiger partial charge >= 0.3 is 5.97 Å². The van der Waals surface area contributed by atoms with Crippen LogP contribution in [0.5, 0.6) is 0 Å². The van der Waals surface area contributed by atoms with Crippen molar-refractivity contribution in [3.8, 4) is 11.8 Å². The van der Waals surface area contributed by atoms with Crippen LogP contribution in [0, 0.1) is 29.6 Å². The van der Waals surface area contributed by atoms with Gasteiger partial charge in [-0.3, -0.25) is 4.90 Å². The Morgan fingerprint density at radius 3 is 2.36 bits per heavy atom. The zero-order valence-electron chi connectivity index (χ0n) is 16.0. The van der Waals surface area contributed by atoms with E-state index in [0.717, 1.165) is 51.6 Å². The molecule has 4 heteroatoms. The van der Waals surface area contributed by atoms with Crippen molar-refractivity contribution >= 4 is 5.97 Å². The molecule has 0 aromatic rings. The Morgan fingerprint density at radius 2 is 1.80 bits per heavy atom. The van der Waals surface area contributed by atoms with Crippen molar-refractivity contribution in [3.63, 3.8) is 0 Å². The fraction of sp³-hybridized carbons (Fsp3) is 0.857. The van der Waals surface area contributed by atoms with Crippen molar-refractivity contribution in [1.29, 1.82) is 0 Å². The molecule has 4 nitrogen and oxygen atoms in total. The second kappa shape index (κ2) is 7.68. The summed E-state index contributed by atoms with van der Waals surface area (Å²) in [5.41, 5.74) is -1.64. The first kappa shape index (κ1) is 18.7. The Bertz CT molecular complexity index is 533. The van der Waals surface area contributed by atoms with Gasteiger partial charge in [0.1, 0.15) is 6.10 Å². The molecule has 4 aliphatic rings. The van der Waals surface area contributed by atoms with E-state index in [1.54, 1.807) is 0 Å². The van der Waals surface area contributed by atoms with Gasteiger partial charge in [0.2, 0.25) is 5.60 Å². The summed E-state index contributed by atoms with van der Waals surface area (Å²) in [6, 6.07) is 0.241. The van der Waals surface area contributed by atoms with Crippen LogP contribution in [0.15, 0.2) is 0 Å². The lowest BCUT2D eigenvalue weighted by molar-refractivity contribution is -0.185. The molecule has 3 aliphatic heterocycles. The highest BCUT2D eigenvalue weighted by atomic mass is 16.6. The predicted molar refractivity (Wildman–Crippen MR) is 97.8 cm³/mol. The smallest absolute Gasteiger partial charge is 0.351 e. The monoisotopic (exact) mass is 347 g/mol. The zero-order valence-corrected chi connectivity index (χ0v) is 16.0. The van der Waals surface area contributed by atoms with Crippen LogP contribution >= 0.6 is 0 Å². The lowest BCUT2D eigenvalue weighted by atomic mass is 9.76. The van der Waals surface area contributed by atoms with Gasteiger partial charge in [-0.25, -0.2) is 4.79 Å². The van der Waals surface area contributed by atoms with Crippen LogP contribution in [0.25, 0.3) is 0 Å². The highest BCUT2D eigenvalue weighted by Crippen LogP contribution is 2.37. The van der Waals surface area contributed by atoms with Gasteiger partial charge in [-0.2, -0.15) is 0 Å². The third-order valence-corrected chi connectivity index (χ3v) is 6.39. The number of piperidine rings is 3. The van der Waals surface area contributed by atoms with Crippen molar-refractivity contribution in [2.24, 2.45) is 17.8 Å². The zero-order chi connectivity index (χ0) is 18.0. The number of esters is 1. The van der Waals surface area contributed by atoms with Crippen molar-refractivity contribution in [2.45, 2.75) is 83.5 Å². The molecule has 1 saturated carbocycles. The molecular formula is C21H33NO3. The summed E-state index contributed by atoms with van der Waals surface area (Å²) in [6.07, 6.45) is 7.06. The van der Waals surface area contributed by atoms with Crippen LogP contribution in [0.3, 0.4) is 0 Å². The molecule has 25 heavy (non-hydrogen) atoms. The van der Waals surface area contributed by atoms with E-state index in [-0.39, 0.29) is 24.0 Å². The molecule has 0 spiro atoms. The van der Waals surface area contributed by atoms with E-state index in [9.17, 15) is 9.90 Å². The first-order valence-electron chi connectivity index (χ1n) is 10.1. The van der Waals surface area contributed by atoms with Crippen LogP contribution < -0.4 is 0 Å². The number of fused-ring (bicyclic) bond motifs is 3. The number of hydrogen-bond donors (Lipinski definition) is 1. The molecule has 0 aromatic heterocycles. The fourth-order valence-electron chi connectivity index (χ4n) is 4.76. The minimum absolute atomic E-state index is 0.101. The molecule has 3 atom stereocenters. The summed E-state index contributed by atoms with van der Waals surface area (Å²) in [5.74, 6) is 5.92. The second-order valence-electron chi connectivity index (χ2n) is 8.51. The van der Waals surface area contributed by atoms with Gasteiger partial charge in [0.05, 0.1) is 0 Å². The van der Waals surface area contributed by atoms with Gasteiger partial charge in [-0.1, -0.05) is 45.0 Å². The van der Waals surface area contributed by atoms with Crippen LogP contribution in [0.4, 0.5) is 0 Å². The Hall–Kier alpha value is -1.05. The number of carbonyl (C=O) groups is 1. The molecule has 4 fully saturated rings. The average molecular weight is 347 g/mol. The summed E-state index contributed by atoms with van der Waals surface area (Å²) in [6.45, 7) is 8.30. The predicted octanol–water partition coefficient (Wildman–Crippen LogP) is 2.98. The Balaban J connectivity index is 1.78. The quantitative estimate of drug-likeness (QED) is 0.630. The molecule has 3 heterocycles. The third-order valence-electron chi connectivity index (χ3n) is 6.39. The molecule has 0 radical (unpaired) electrons. The number of carbonyl (C=O) groups excluding carboxylic acids is 1. The minimum Gasteiger partial charge on any atom is -0.458 e. The molecule has 1 N–H and O–H groups in total. The van der Waals surface area contributed by atoms with E-state index in [2.05, 4.69) is 23.7 Å². The molecule has 140 valence electrons. The largest absolute Gasteiger partial charge is 0.458 e. The number of nitrogens with zero attached hydrogens (tertiary/aromatic N) is 1. The number of rotatable bonds is 3. The summed E-state index contributed by atoms with van der Waals surface area (Å²) in [4.78, 5) is 15.5. The van der Waals surface area contributed by atoms with Gasteiger partial charge in [-0.05, 0) is 51.6 Å². The molecule has 3 saturated heterocycles. The van der Waals surface area contributed by atoms with Crippen LogP contribution in [0.2, 0.25) is 0 Å². The van der Waals surface area contributed by atoms with E-state index in [1.165, 1.54) is 6.42 Å². The Morgan fingerprint density at radius 1 is 1.16 bits per heavy atom. The Labute approximate surface area is 152 Å². The van der Waals surface area contributed by atoms with Crippen molar-refractivity contribution in [3.05, 3.63) is 0 Å². The second-order valence-corrected chi connectivity index (χ2v) is 8.51. The summed E-state index contributed by atoms with van der Waals surface area (Å²) in [7, 11) is 0. The molecule has 2 bridgehead atoms. The lowest BCUT2D eigenvalue weighted by Crippen LogP contribution is -2.59. The number of ether oxygens (including phenoxy) is 1. The number of aliphatic hydroxyl groups is 1. The molecule has 0 unspecified atom stereocenters. The summed E-state index contributed by atoms with van der Waals surface area (Å²) < 4.78 is 5.96. The fourth-order valence-corrected chi connectivity index (χ4v) is 4.76. The normalized spacial score (nSPS) is 34.9. The van der Waals surface area contributed by atoms with Gasteiger partial charge in [-0.15, -0.1) is 0 Å². The minimum atomic E-state index is -1.64. The standard InChI is InChI=1S/C21H33NO3/c1-15(2)9-12-21(24,18-7-5-4-6-8-18)20(23)25-19-16(3)22-13-10-17(19)11-14-22/h15-19,24H,4-8,10-11,13-14H2,1-3H3/t16-,19+,21-/m1/s1. The van der Waals surface area contributed by atoms with E-state index in [1.807, 2.05) is 13.8 Å². The van der Waals surface area contributed by atoms with Crippen LogP contribution in [0.1, 0.15) is 65.7 Å². The first-order valence-corrected chi connectivity index (χ1v) is 10.1. The summed E-state index contributed by atoms with van der Waals surface area (Å²) in [5, 5.41) is 11.3. The van der Waals surface area contributed by atoms with E-state index >= 15 is 0 Å². The maximum Gasteiger partial charge on any atom is 0.351 e. The average Bonchev–Trinajstić information content (AvgIpc) is 2.63. The van der Waals surface area contributed by atoms with Crippen molar-refractivity contribution in [1.82, 2.24) is 4.90 Å². The molecular weight excluding hydrogens is 314 g/mol. The highest BCUT2D eigenvalue weighted by molar-refractivity contribution is 5.84. The van der Waals surface area contributed by atoms with Crippen LogP contribution in [-0.4, -0.2) is 46.8 Å². The van der Waals surface area contributed by atoms with E-state index < -0.39 is 11.6 Å². The molecule has 0 amide bonds. The van der Waals surface area contributed by atoms with Gasteiger partial charge < -0.3 is 9.84 Å². The van der Waals surface area contributed by atoms with Gasteiger partial charge in [0.25, 0.3) is 0 Å². The topological polar surface area (TPSA) is 49.8 Å². The third kappa shape index (κ3) is 3.88.